The zero-order chi connectivity index (χ0) is 20.8. The lowest BCUT2D eigenvalue weighted by molar-refractivity contribution is -0.124. The lowest BCUT2D eigenvalue weighted by Crippen LogP contribution is -2.28. The third kappa shape index (κ3) is 5.04. The predicted octanol–water partition coefficient (Wildman–Crippen LogP) is 2.06. The molecule has 2 amide bonds. The number of methoxy groups -OCH3 is 2. The molecule has 0 bridgehead atoms. The van der Waals surface area contributed by atoms with Crippen LogP contribution in [0.3, 0.4) is 0 Å². The summed E-state index contributed by atoms with van der Waals surface area (Å²) in [7, 11) is 3.08. The number of fused-ring (bicyclic) bond motifs is 1. The minimum atomic E-state index is -0.592. The van der Waals surface area contributed by atoms with Crippen LogP contribution in [0.2, 0.25) is 0 Å². The topological polar surface area (TPSA) is 103 Å². The Morgan fingerprint density at radius 2 is 1.83 bits per heavy atom. The Labute approximate surface area is 168 Å². The Morgan fingerprint density at radius 1 is 1.03 bits per heavy atom. The molecule has 1 heterocycles. The molecular formula is C21H22N2O6. The molecule has 0 aromatic heterocycles. The molecule has 0 unspecified atom stereocenters. The van der Waals surface area contributed by atoms with Gasteiger partial charge in [0.25, 0.3) is 5.91 Å². The number of benzene rings is 2. The van der Waals surface area contributed by atoms with E-state index in [4.69, 9.17) is 14.2 Å². The summed E-state index contributed by atoms with van der Waals surface area (Å²) < 4.78 is 15.5. The van der Waals surface area contributed by atoms with Gasteiger partial charge in [0.15, 0.2) is 18.1 Å². The fourth-order valence-corrected chi connectivity index (χ4v) is 2.97. The Morgan fingerprint density at radius 3 is 2.59 bits per heavy atom. The van der Waals surface area contributed by atoms with E-state index in [2.05, 4.69) is 10.6 Å². The molecule has 0 spiro atoms. The molecule has 1 aliphatic rings. The summed E-state index contributed by atoms with van der Waals surface area (Å²) in [4.78, 5) is 35.6. The maximum Gasteiger partial charge on any atom is 0.338 e. The van der Waals surface area contributed by atoms with E-state index in [-0.39, 0.29) is 19.1 Å². The Hall–Kier alpha value is -3.55. The largest absolute Gasteiger partial charge is 0.493 e. The van der Waals surface area contributed by atoms with Crippen LogP contribution in [0.1, 0.15) is 27.9 Å². The number of carbonyl (C=O) groups is 3. The van der Waals surface area contributed by atoms with Crippen molar-refractivity contribution in [2.24, 2.45) is 0 Å². The number of hydrogen-bond donors (Lipinski definition) is 2. The lowest BCUT2D eigenvalue weighted by Gasteiger charge is -2.17. The van der Waals surface area contributed by atoms with Crippen molar-refractivity contribution in [2.45, 2.75) is 19.4 Å². The molecule has 3 rings (SSSR count). The average Bonchev–Trinajstić information content (AvgIpc) is 2.75. The smallest absolute Gasteiger partial charge is 0.338 e. The van der Waals surface area contributed by atoms with Crippen molar-refractivity contribution < 1.29 is 28.6 Å². The molecule has 0 radical (unpaired) electrons. The zero-order valence-corrected chi connectivity index (χ0v) is 16.2. The highest BCUT2D eigenvalue weighted by Crippen LogP contribution is 2.27. The van der Waals surface area contributed by atoms with Crippen LogP contribution in [0.4, 0.5) is 5.69 Å². The van der Waals surface area contributed by atoms with E-state index in [9.17, 15) is 14.4 Å². The first-order chi connectivity index (χ1) is 14.0. The van der Waals surface area contributed by atoms with E-state index in [1.807, 2.05) is 0 Å². The minimum absolute atomic E-state index is 0.0426. The molecule has 152 valence electrons. The van der Waals surface area contributed by atoms with E-state index in [1.54, 1.807) is 43.5 Å². The summed E-state index contributed by atoms with van der Waals surface area (Å²) in [6.45, 7) is -0.130. The summed E-state index contributed by atoms with van der Waals surface area (Å²) in [6, 6.07) is 10.2. The van der Waals surface area contributed by atoms with Gasteiger partial charge < -0.3 is 24.8 Å². The van der Waals surface area contributed by atoms with Gasteiger partial charge in [0.1, 0.15) is 0 Å². The second-order valence-electron chi connectivity index (χ2n) is 6.46. The quantitative estimate of drug-likeness (QED) is 0.692. The molecule has 29 heavy (non-hydrogen) atoms. The number of amides is 2. The van der Waals surface area contributed by atoms with Crippen molar-refractivity contribution in [1.82, 2.24) is 5.32 Å². The molecule has 8 heteroatoms. The van der Waals surface area contributed by atoms with Gasteiger partial charge in [-0.2, -0.15) is 0 Å². The number of hydrogen-bond acceptors (Lipinski definition) is 6. The Balaban J connectivity index is 1.50. The van der Waals surface area contributed by atoms with Crippen molar-refractivity contribution >= 4 is 23.5 Å². The molecule has 0 saturated carbocycles. The number of anilines is 1. The van der Waals surface area contributed by atoms with Crippen molar-refractivity contribution in [3.63, 3.8) is 0 Å². The lowest BCUT2D eigenvalue weighted by atomic mass is 10.0. The van der Waals surface area contributed by atoms with Crippen LogP contribution >= 0.6 is 0 Å². The average molecular weight is 398 g/mol. The normalized spacial score (nSPS) is 12.4. The van der Waals surface area contributed by atoms with Crippen molar-refractivity contribution in [1.29, 1.82) is 0 Å². The fourth-order valence-electron chi connectivity index (χ4n) is 2.97. The van der Waals surface area contributed by atoms with Gasteiger partial charge in [0.05, 0.1) is 19.8 Å². The van der Waals surface area contributed by atoms with Crippen molar-refractivity contribution in [2.75, 3.05) is 26.1 Å². The Kier molecular flexibility index (Phi) is 6.33. The van der Waals surface area contributed by atoms with Gasteiger partial charge in [-0.05, 0) is 47.9 Å². The van der Waals surface area contributed by atoms with Crippen LogP contribution in [0, 0.1) is 0 Å². The maximum absolute atomic E-state index is 12.2. The summed E-state index contributed by atoms with van der Waals surface area (Å²) in [6.07, 6.45) is 0.943. The second-order valence-corrected chi connectivity index (χ2v) is 6.46. The van der Waals surface area contributed by atoms with Crippen LogP contribution in [-0.4, -0.2) is 38.6 Å². The summed E-state index contributed by atoms with van der Waals surface area (Å²) in [5, 5.41) is 5.44. The highest BCUT2D eigenvalue weighted by Gasteiger charge is 2.18. The van der Waals surface area contributed by atoms with Gasteiger partial charge in [-0.25, -0.2) is 4.79 Å². The molecule has 0 aliphatic carbocycles. The van der Waals surface area contributed by atoms with Gasteiger partial charge in [-0.15, -0.1) is 0 Å². The van der Waals surface area contributed by atoms with Crippen LogP contribution in [-0.2, 0) is 27.3 Å². The first-order valence-corrected chi connectivity index (χ1v) is 9.07. The molecule has 0 atom stereocenters. The van der Waals surface area contributed by atoms with E-state index in [1.165, 1.54) is 7.11 Å². The van der Waals surface area contributed by atoms with Crippen molar-refractivity contribution in [3.05, 3.63) is 53.1 Å². The number of carbonyl (C=O) groups excluding carboxylic acids is 3. The second kappa shape index (κ2) is 9.09. The van der Waals surface area contributed by atoms with Gasteiger partial charge >= 0.3 is 5.97 Å². The first kappa shape index (κ1) is 20.2. The van der Waals surface area contributed by atoms with E-state index in [0.717, 1.165) is 11.1 Å². The minimum Gasteiger partial charge on any atom is -0.493 e. The van der Waals surface area contributed by atoms with Crippen LogP contribution in [0.5, 0.6) is 11.5 Å². The number of aryl methyl sites for hydroxylation is 1. The predicted molar refractivity (Wildman–Crippen MR) is 105 cm³/mol. The highest BCUT2D eigenvalue weighted by atomic mass is 16.5. The fraction of sp³-hybridized carbons (Fsp3) is 0.286. The van der Waals surface area contributed by atoms with Crippen LogP contribution in [0.25, 0.3) is 0 Å². The molecule has 8 nitrogen and oxygen atoms in total. The molecule has 2 N–H and O–H groups in total. The summed E-state index contributed by atoms with van der Waals surface area (Å²) in [5.41, 5.74) is 2.73. The van der Waals surface area contributed by atoms with E-state index >= 15 is 0 Å². The van der Waals surface area contributed by atoms with E-state index < -0.39 is 11.9 Å². The summed E-state index contributed by atoms with van der Waals surface area (Å²) in [5.74, 6) is 0.110. The third-order valence-corrected chi connectivity index (χ3v) is 4.51. The zero-order valence-electron chi connectivity index (χ0n) is 16.2. The highest BCUT2D eigenvalue weighted by molar-refractivity contribution is 5.96. The van der Waals surface area contributed by atoms with Crippen molar-refractivity contribution in [3.8, 4) is 11.5 Å². The Bertz CT molecular complexity index is 941. The van der Waals surface area contributed by atoms with Gasteiger partial charge in [-0.1, -0.05) is 6.07 Å². The standard InChI is InChI=1S/C21H22N2O6/c1-27-17-7-3-13(9-18(17)28-2)11-22-20(25)12-29-21(26)15-4-6-16-14(10-15)5-8-19(24)23-16/h3-4,6-7,9-10H,5,8,11-12H2,1-2H3,(H,22,25)(H,23,24). The number of ether oxygens (including phenoxy) is 3. The molecule has 2 aromatic rings. The molecule has 2 aromatic carbocycles. The monoisotopic (exact) mass is 398 g/mol. The van der Waals surface area contributed by atoms with Crippen LogP contribution < -0.4 is 20.1 Å². The van der Waals surface area contributed by atoms with Crippen LogP contribution in [0.15, 0.2) is 36.4 Å². The molecular weight excluding hydrogens is 376 g/mol. The SMILES string of the molecule is COc1ccc(CNC(=O)COC(=O)c2ccc3c(c2)CCC(=O)N3)cc1OC. The van der Waals surface area contributed by atoms with E-state index in [0.29, 0.717) is 35.6 Å². The molecule has 1 aliphatic heterocycles. The van der Waals surface area contributed by atoms with Gasteiger partial charge in [0, 0.05) is 18.7 Å². The van der Waals surface area contributed by atoms with Gasteiger partial charge in [-0.3, -0.25) is 9.59 Å². The third-order valence-electron chi connectivity index (χ3n) is 4.51. The number of nitrogens with one attached hydrogen (secondary N) is 2. The molecule has 0 fully saturated rings. The first-order valence-electron chi connectivity index (χ1n) is 9.07. The number of esters is 1. The van der Waals surface area contributed by atoms with Gasteiger partial charge in [0.2, 0.25) is 5.91 Å². The number of rotatable bonds is 7. The maximum atomic E-state index is 12.2. The molecule has 0 saturated heterocycles. The summed E-state index contributed by atoms with van der Waals surface area (Å²) >= 11 is 0.